The SMILES string of the molecule is CCOC(=O)CN(c1ccc(C(F)(F)F)cc1)S(=O)(=O)c1cc([N+](=O)[O-])ccc1C. The van der Waals surface area contributed by atoms with Crippen molar-refractivity contribution in [2.45, 2.75) is 24.9 Å². The summed E-state index contributed by atoms with van der Waals surface area (Å²) in [6.45, 7) is 2.02. The number of carbonyl (C=O) groups excluding carboxylic acids is 1. The van der Waals surface area contributed by atoms with Crippen LogP contribution in [-0.2, 0) is 25.7 Å². The fourth-order valence-electron chi connectivity index (χ4n) is 2.55. The van der Waals surface area contributed by atoms with E-state index >= 15 is 0 Å². The Morgan fingerprint density at radius 1 is 1.17 bits per heavy atom. The second kappa shape index (κ2) is 8.69. The highest BCUT2D eigenvalue weighted by Gasteiger charge is 2.33. The van der Waals surface area contributed by atoms with Gasteiger partial charge in [-0.2, -0.15) is 13.2 Å². The van der Waals surface area contributed by atoms with Gasteiger partial charge >= 0.3 is 12.1 Å². The molecule has 0 N–H and O–H groups in total. The van der Waals surface area contributed by atoms with Gasteiger partial charge in [-0.15, -0.1) is 0 Å². The number of non-ortho nitro benzene ring substituents is 1. The van der Waals surface area contributed by atoms with E-state index in [1.807, 2.05) is 0 Å². The molecule has 0 aromatic heterocycles. The summed E-state index contributed by atoms with van der Waals surface area (Å²) in [5.74, 6) is -0.941. The van der Waals surface area contributed by atoms with Gasteiger partial charge in [0.25, 0.3) is 15.7 Å². The number of esters is 1. The van der Waals surface area contributed by atoms with Crippen LogP contribution in [-0.4, -0.2) is 32.5 Å². The molecule has 2 aromatic carbocycles. The highest BCUT2D eigenvalue weighted by Crippen LogP contribution is 2.33. The number of nitro benzene ring substituents is 1. The molecule has 2 aromatic rings. The van der Waals surface area contributed by atoms with Crippen molar-refractivity contribution in [1.29, 1.82) is 0 Å². The lowest BCUT2D eigenvalue weighted by Gasteiger charge is -2.24. The van der Waals surface area contributed by atoms with Gasteiger partial charge in [-0.3, -0.25) is 19.2 Å². The van der Waals surface area contributed by atoms with E-state index in [-0.39, 0.29) is 17.9 Å². The van der Waals surface area contributed by atoms with Crippen LogP contribution >= 0.6 is 0 Å². The number of hydrogen-bond acceptors (Lipinski definition) is 6. The number of aryl methyl sites for hydroxylation is 1. The first-order valence-corrected chi connectivity index (χ1v) is 9.92. The number of nitro groups is 1. The maximum atomic E-state index is 13.2. The Morgan fingerprint density at radius 3 is 2.27 bits per heavy atom. The number of anilines is 1. The predicted octanol–water partition coefficient (Wildman–Crippen LogP) is 3.68. The van der Waals surface area contributed by atoms with E-state index in [0.717, 1.165) is 24.3 Å². The van der Waals surface area contributed by atoms with E-state index in [0.29, 0.717) is 16.4 Å². The molecule has 0 heterocycles. The van der Waals surface area contributed by atoms with Crippen LogP contribution in [0.25, 0.3) is 0 Å². The van der Waals surface area contributed by atoms with E-state index in [1.165, 1.54) is 19.9 Å². The Labute approximate surface area is 170 Å². The normalized spacial score (nSPS) is 11.8. The molecule has 0 aliphatic heterocycles. The van der Waals surface area contributed by atoms with Crippen molar-refractivity contribution in [3.05, 3.63) is 63.7 Å². The third kappa shape index (κ3) is 5.06. The zero-order valence-corrected chi connectivity index (χ0v) is 16.7. The molecular weight excluding hydrogens is 429 g/mol. The largest absolute Gasteiger partial charge is 0.465 e. The number of sulfonamides is 1. The third-order valence-corrected chi connectivity index (χ3v) is 5.93. The first-order valence-electron chi connectivity index (χ1n) is 8.48. The molecule has 0 spiro atoms. The van der Waals surface area contributed by atoms with Crippen molar-refractivity contribution in [3.8, 4) is 0 Å². The molecule has 30 heavy (non-hydrogen) atoms. The molecule has 162 valence electrons. The number of alkyl halides is 3. The molecule has 0 aliphatic rings. The number of benzene rings is 2. The second-order valence-electron chi connectivity index (χ2n) is 6.07. The van der Waals surface area contributed by atoms with Gasteiger partial charge in [0.05, 0.1) is 27.7 Å². The van der Waals surface area contributed by atoms with Crippen molar-refractivity contribution in [2.75, 3.05) is 17.5 Å². The summed E-state index contributed by atoms with van der Waals surface area (Å²) in [7, 11) is -4.56. The summed E-state index contributed by atoms with van der Waals surface area (Å²) in [6.07, 6.45) is -4.64. The molecular formula is C18H17F3N2O6S. The van der Waals surface area contributed by atoms with Gasteiger partial charge in [-0.1, -0.05) is 6.07 Å². The van der Waals surface area contributed by atoms with Crippen molar-refractivity contribution < 1.29 is 36.0 Å². The first kappa shape index (κ1) is 23.1. The number of rotatable bonds is 7. The van der Waals surface area contributed by atoms with Crippen LogP contribution < -0.4 is 4.31 Å². The van der Waals surface area contributed by atoms with Crippen LogP contribution in [0.5, 0.6) is 0 Å². The Hall–Kier alpha value is -3.15. The van der Waals surface area contributed by atoms with Gasteiger partial charge in [0.1, 0.15) is 6.54 Å². The molecule has 0 atom stereocenters. The first-order chi connectivity index (χ1) is 13.9. The Balaban J connectivity index is 2.60. The summed E-state index contributed by atoms with van der Waals surface area (Å²) in [6, 6.07) is 6.29. The average molecular weight is 446 g/mol. The standard InChI is InChI=1S/C18H17F3N2O6S/c1-3-29-17(24)11-22(14-8-5-13(6-9-14)18(19,20)21)30(27,28)16-10-15(23(25)26)7-4-12(16)2/h4-10H,3,11H2,1-2H3. The van der Waals surface area contributed by atoms with Crippen LogP contribution in [0.4, 0.5) is 24.5 Å². The zero-order chi connectivity index (χ0) is 22.7. The average Bonchev–Trinajstić information content (AvgIpc) is 2.65. The minimum absolute atomic E-state index is 0.0461. The molecule has 2 rings (SSSR count). The van der Waals surface area contributed by atoms with Crippen LogP contribution in [0.2, 0.25) is 0 Å². The predicted molar refractivity (Wildman–Crippen MR) is 100 cm³/mol. The van der Waals surface area contributed by atoms with Gasteiger partial charge in [0.2, 0.25) is 0 Å². The molecule has 0 radical (unpaired) electrons. The second-order valence-corrected chi connectivity index (χ2v) is 7.90. The zero-order valence-electron chi connectivity index (χ0n) is 15.8. The summed E-state index contributed by atoms with van der Waals surface area (Å²) in [4.78, 5) is 21.8. The lowest BCUT2D eigenvalue weighted by Crippen LogP contribution is -2.37. The van der Waals surface area contributed by atoms with E-state index in [9.17, 15) is 36.5 Å². The molecule has 0 fully saturated rings. The maximum Gasteiger partial charge on any atom is 0.416 e. The van der Waals surface area contributed by atoms with Crippen molar-refractivity contribution in [2.24, 2.45) is 0 Å². The fourth-order valence-corrected chi connectivity index (χ4v) is 4.21. The topological polar surface area (TPSA) is 107 Å². The highest BCUT2D eigenvalue weighted by molar-refractivity contribution is 7.93. The molecule has 0 aliphatic carbocycles. The molecule has 0 bridgehead atoms. The smallest absolute Gasteiger partial charge is 0.416 e. The molecule has 0 unspecified atom stereocenters. The number of nitrogens with zero attached hydrogens (tertiary/aromatic N) is 2. The Bertz CT molecular complexity index is 1050. The van der Waals surface area contributed by atoms with Crippen molar-refractivity contribution in [1.82, 2.24) is 0 Å². The minimum Gasteiger partial charge on any atom is -0.465 e. The van der Waals surface area contributed by atoms with E-state index < -0.39 is 49.8 Å². The number of carbonyl (C=O) groups is 1. The summed E-state index contributed by atoms with van der Waals surface area (Å²) in [5.41, 5.74) is -1.59. The van der Waals surface area contributed by atoms with E-state index in [4.69, 9.17) is 4.74 Å². The van der Waals surface area contributed by atoms with Crippen LogP contribution in [0.15, 0.2) is 47.4 Å². The Kier molecular flexibility index (Phi) is 6.70. The van der Waals surface area contributed by atoms with Crippen molar-refractivity contribution >= 4 is 27.4 Å². The summed E-state index contributed by atoms with van der Waals surface area (Å²) in [5, 5.41) is 11.0. The number of halogens is 3. The number of hydrogen-bond donors (Lipinski definition) is 0. The van der Waals surface area contributed by atoms with Crippen LogP contribution in [0, 0.1) is 17.0 Å². The van der Waals surface area contributed by atoms with Crippen molar-refractivity contribution in [3.63, 3.8) is 0 Å². The lowest BCUT2D eigenvalue weighted by molar-refractivity contribution is -0.385. The molecule has 0 amide bonds. The maximum absolute atomic E-state index is 13.2. The molecule has 0 saturated carbocycles. The summed E-state index contributed by atoms with van der Waals surface area (Å²) < 4.78 is 70.3. The molecule has 12 heteroatoms. The summed E-state index contributed by atoms with van der Waals surface area (Å²) >= 11 is 0. The number of ether oxygens (including phenoxy) is 1. The molecule has 0 saturated heterocycles. The fraction of sp³-hybridized carbons (Fsp3) is 0.278. The van der Waals surface area contributed by atoms with Crippen LogP contribution in [0.3, 0.4) is 0 Å². The van der Waals surface area contributed by atoms with Gasteiger partial charge in [-0.25, -0.2) is 8.42 Å². The van der Waals surface area contributed by atoms with Gasteiger partial charge < -0.3 is 4.74 Å². The van der Waals surface area contributed by atoms with Crippen LogP contribution in [0.1, 0.15) is 18.1 Å². The highest BCUT2D eigenvalue weighted by atomic mass is 32.2. The Morgan fingerprint density at radius 2 is 1.77 bits per heavy atom. The van der Waals surface area contributed by atoms with Gasteiger partial charge in [-0.05, 0) is 43.7 Å². The monoisotopic (exact) mass is 446 g/mol. The van der Waals surface area contributed by atoms with Gasteiger partial charge in [0.15, 0.2) is 0 Å². The third-order valence-electron chi connectivity index (χ3n) is 4.01. The van der Waals surface area contributed by atoms with E-state index in [2.05, 4.69) is 0 Å². The quantitative estimate of drug-likeness (QED) is 0.365. The molecule has 8 nitrogen and oxygen atoms in total. The minimum atomic E-state index is -4.64. The van der Waals surface area contributed by atoms with E-state index in [1.54, 1.807) is 0 Å². The van der Waals surface area contributed by atoms with Gasteiger partial charge in [0, 0.05) is 12.1 Å². The lowest BCUT2D eigenvalue weighted by atomic mass is 10.2.